The maximum Gasteiger partial charge on any atom is 0.249 e. The van der Waals surface area contributed by atoms with Crippen molar-refractivity contribution < 1.29 is 8.78 Å². The zero-order valence-electron chi connectivity index (χ0n) is 9.27. The lowest BCUT2D eigenvalue weighted by Crippen LogP contribution is -2.51. The van der Waals surface area contributed by atoms with E-state index in [1.54, 1.807) is 0 Å². The second-order valence-corrected chi connectivity index (χ2v) is 5.62. The van der Waals surface area contributed by atoms with E-state index in [2.05, 4.69) is 0 Å². The fourth-order valence-electron chi connectivity index (χ4n) is 3.42. The summed E-state index contributed by atoms with van der Waals surface area (Å²) < 4.78 is 25.8. The van der Waals surface area contributed by atoms with Crippen molar-refractivity contribution in [3.8, 4) is 0 Å². The molecular weight excluding hydrogens is 196 g/mol. The third-order valence-corrected chi connectivity index (χ3v) is 4.15. The van der Waals surface area contributed by atoms with Crippen molar-refractivity contribution in [1.29, 1.82) is 0 Å². The predicted molar refractivity (Wildman–Crippen MR) is 56.9 cm³/mol. The Morgan fingerprint density at radius 2 is 1.67 bits per heavy atom. The summed E-state index contributed by atoms with van der Waals surface area (Å²) in [6, 6.07) is 0. The monoisotopic (exact) mass is 217 g/mol. The van der Waals surface area contributed by atoms with Crippen LogP contribution in [0, 0.1) is 11.3 Å². The van der Waals surface area contributed by atoms with Crippen LogP contribution in [0.3, 0.4) is 0 Å². The molecular formula is C12H21F2N. The van der Waals surface area contributed by atoms with E-state index in [4.69, 9.17) is 5.73 Å². The van der Waals surface area contributed by atoms with Gasteiger partial charge in [-0.1, -0.05) is 32.1 Å². The molecule has 2 aliphatic carbocycles. The van der Waals surface area contributed by atoms with E-state index in [9.17, 15) is 8.78 Å². The molecule has 2 aliphatic rings. The number of hydrogen-bond acceptors (Lipinski definition) is 1. The quantitative estimate of drug-likeness (QED) is 0.771. The number of alkyl halides is 2. The summed E-state index contributed by atoms with van der Waals surface area (Å²) in [5.74, 6) is -1.76. The number of hydrogen-bond donors (Lipinski definition) is 1. The molecule has 2 N–H and O–H groups in total. The Labute approximate surface area is 90.4 Å². The molecule has 0 aromatic heterocycles. The molecule has 0 heterocycles. The first-order chi connectivity index (χ1) is 7.05. The van der Waals surface area contributed by atoms with Crippen LogP contribution in [0.25, 0.3) is 0 Å². The normalized spacial score (nSPS) is 29.8. The van der Waals surface area contributed by atoms with Gasteiger partial charge in [-0.25, -0.2) is 8.78 Å². The zero-order valence-corrected chi connectivity index (χ0v) is 9.27. The van der Waals surface area contributed by atoms with Gasteiger partial charge in [0.2, 0.25) is 5.92 Å². The molecule has 0 atom stereocenters. The Hall–Kier alpha value is -0.180. The smallest absolute Gasteiger partial charge is 0.249 e. The van der Waals surface area contributed by atoms with Crippen LogP contribution in [0.2, 0.25) is 0 Å². The lowest BCUT2D eigenvalue weighted by atomic mass is 9.60. The van der Waals surface area contributed by atoms with Crippen LogP contribution < -0.4 is 5.73 Å². The van der Waals surface area contributed by atoms with Gasteiger partial charge in [0, 0.05) is 12.8 Å². The summed E-state index contributed by atoms with van der Waals surface area (Å²) in [4.78, 5) is 0. The van der Waals surface area contributed by atoms with Crippen LogP contribution >= 0.6 is 0 Å². The van der Waals surface area contributed by atoms with Gasteiger partial charge in [0.25, 0.3) is 0 Å². The molecule has 0 unspecified atom stereocenters. The van der Waals surface area contributed by atoms with Crippen molar-refractivity contribution in [1.82, 2.24) is 0 Å². The van der Waals surface area contributed by atoms with Gasteiger partial charge in [0.05, 0.1) is 0 Å². The van der Waals surface area contributed by atoms with E-state index in [1.165, 1.54) is 32.1 Å². The average molecular weight is 217 g/mol. The molecule has 0 bridgehead atoms. The minimum atomic E-state index is -2.42. The second-order valence-electron chi connectivity index (χ2n) is 5.62. The molecule has 0 amide bonds. The Bertz CT molecular complexity index is 214. The largest absolute Gasteiger partial charge is 0.330 e. The average Bonchev–Trinajstić information content (AvgIpc) is 2.16. The summed E-state index contributed by atoms with van der Waals surface area (Å²) in [7, 11) is 0. The highest BCUT2D eigenvalue weighted by atomic mass is 19.3. The van der Waals surface area contributed by atoms with Crippen LogP contribution in [-0.2, 0) is 0 Å². The van der Waals surface area contributed by atoms with E-state index in [1.807, 2.05) is 0 Å². The third kappa shape index (κ3) is 2.49. The fourth-order valence-corrected chi connectivity index (χ4v) is 3.42. The van der Waals surface area contributed by atoms with E-state index < -0.39 is 5.92 Å². The summed E-state index contributed by atoms with van der Waals surface area (Å²) in [5, 5.41) is 0. The van der Waals surface area contributed by atoms with Crippen molar-refractivity contribution in [2.24, 2.45) is 17.1 Å². The van der Waals surface area contributed by atoms with Gasteiger partial charge in [-0.2, -0.15) is 0 Å². The maximum atomic E-state index is 12.9. The highest BCUT2D eigenvalue weighted by molar-refractivity contribution is 5.00. The molecule has 3 heteroatoms. The van der Waals surface area contributed by atoms with Crippen LogP contribution in [0.15, 0.2) is 0 Å². The molecule has 88 valence electrons. The topological polar surface area (TPSA) is 26.0 Å². The standard InChI is InChI=1S/C12H21F2N/c13-12(14)7-11(8-12,9-15)6-10-4-2-1-3-5-10/h10H,1-9,15H2. The lowest BCUT2D eigenvalue weighted by molar-refractivity contribution is -0.165. The Morgan fingerprint density at radius 1 is 1.07 bits per heavy atom. The van der Waals surface area contributed by atoms with E-state index >= 15 is 0 Å². The van der Waals surface area contributed by atoms with E-state index in [-0.39, 0.29) is 18.3 Å². The summed E-state index contributed by atoms with van der Waals surface area (Å²) in [6.07, 6.45) is 7.35. The van der Waals surface area contributed by atoms with E-state index in [0.717, 1.165) is 6.42 Å². The van der Waals surface area contributed by atoms with Gasteiger partial charge in [-0.15, -0.1) is 0 Å². The van der Waals surface area contributed by atoms with Crippen LogP contribution in [-0.4, -0.2) is 12.5 Å². The second kappa shape index (κ2) is 4.00. The van der Waals surface area contributed by atoms with Crippen molar-refractivity contribution in [2.75, 3.05) is 6.54 Å². The molecule has 0 aromatic carbocycles. The molecule has 0 radical (unpaired) electrons. The van der Waals surface area contributed by atoms with Crippen molar-refractivity contribution in [3.63, 3.8) is 0 Å². The van der Waals surface area contributed by atoms with Crippen molar-refractivity contribution >= 4 is 0 Å². The molecule has 15 heavy (non-hydrogen) atoms. The zero-order chi connectivity index (χ0) is 10.9. The van der Waals surface area contributed by atoms with Gasteiger partial charge < -0.3 is 5.73 Å². The summed E-state index contributed by atoms with van der Waals surface area (Å²) in [5.41, 5.74) is 5.46. The summed E-state index contributed by atoms with van der Waals surface area (Å²) in [6.45, 7) is 0.444. The van der Waals surface area contributed by atoms with Crippen molar-refractivity contribution in [3.05, 3.63) is 0 Å². The minimum Gasteiger partial charge on any atom is -0.330 e. The highest BCUT2D eigenvalue weighted by Gasteiger charge is 2.55. The fraction of sp³-hybridized carbons (Fsp3) is 1.00. The molecule has 2 rings (SSSR count). The minimum absolute atomic E-state index is 0.0347. The SMILES string of the molecule is NCC1(CC2CCCCC2)CC(F)(F)C1. The first-order valence-corrected chi connectivity index (χ1v) is 6.13. The summed E-state index contributed by atoms with van der Waals surface area (Å²) >= 11 is 0. The third-order valence-electron chi connectivity index (χ3n) is 4.15. The van der Waals surface area contributed by atoms with E-state index in [0.29, 0.717) is 12.5 Å². The molecule has 0 aliphatic heterocycles. The Balaban J connectivity index is 1.86. The van der Waals surface area contributed by atoms with Gasteiger partial charge in [0.1, 0.15) is 0 Å². The molecule has 2 saturated carbocycles. The van der Waals surface area contributed by atoms with Crippen LogP contribution in [0.5, 0.6) is 0 Å². The predicted octanol–water partition coefficient (Wildman–Crippen LogP) is 3.33. The molecule has 2 fully saturated rings. The molecule has 0 saturated heterocycles. The number of nitrogens with two attached hydrogens (primary N) is 1. The van der Waals surface area contributed by atoms with Crippen LogP contribution in [0.1, 0.15) is 51.4 Å². The first kappa shape index (κ1) is 11.3. The van der Waals surface area contributed by atoms with Crippen LogP contribution in [0.4, 0.5) is 8.78 Å². The molecule has 0 spiro atoms. The first-order valence-electron chi connectivity index (χ1n) is 6.13. The van der Waals surface area contributed by atoms with Gasteiger partial charge >= 0.3 is 0 Å². The van der Waals surface area contributed by atoms with Gasteiger partial charge in [-0.3, -0.25) is 0 Å². The number of halogens is 2. The highest BCUT2D eigenvalue weighted by Crippen LogP contribution is 2.55. The molecule has 1 nitrogen and oxygen atoms in total. The lowest BCUT2D eigenvalue weighted by Gasteiger charge is -2.49. The Morgan fingerprint density at radius 3 is 2.13 bits per heavy atom. The van der Waals surface area contributed by atoms with Gasteiger partial charge in [-0.05, 0) is 24.3 Å². The van der Waals surface area contributed by atoms with Crippen molar-refractivity contribution in [2.45, 2.75) is 57.3 Å². The van der Waals surface area contributed by atoms with Gasteiger partial charge in [0.15, 0.2) is 0 Å². The Kier molecular flexibility index (Phi) is 3.02. The molecule has 0 aromatic rings. The number of rotatable bonds is 3. The maximum absolute atomic E-state index is 12.9.